The number of imidazole rings is 1. The number of halogens is 1. The second-order valence-corrected chi connectivity index (χ2v) is 5.35. The Kier molecular flexibility index (Phi) is 3.40. The van der Waals surface area contributed by atoms with Crippen molar-refractivity contribution in [1.82, 2.24) is 9.55 Å². The van der Waals surface area contributed by atoms with Crippen molar-refractivity contribution in [3.05, 3.63) is 64.9 Å². The summed E-state index contributed by atoms with van der Waals surface area (Å²) in [4.78, 5) is 3.09. The first-order chi connectivity index (χ1) is 9.65. The number of allylic oxidation sites excluding steroid dienone is 4. The topological polar surface area (TPSA) is 20.7 Å². The van der Waals surface area contributed by atoms with E-state index in [0.29, 0.717) is 4.77 Å². The molecule has 1 unspecified atom stereocenters. The maximum absolute atomic E-state index is 13.1. The highest BCUT2D eigenvalue weighted by molar-refractivity contribution is 7.71. The Morgan fingerprint density at radius 3 is 2.70 bits per heavy atom. The molecule has 0 bridgehead atoms. The highest BCUT2D eigenvalue weighted by atomic mass is 32.1. The second-order valence-electron chi connectivity index (χ2n) is 4.97. The molecular formula is C16H15FN2S. The highest BCUT2D eigenvalue weighted by Gasteiger charge is 2.15. The summed E-state index contributed by atoms with van der Waals surface area (Å²) in [6.07, 6.45) is 9.27. The fourth-order valence-corrected chi connectivity index (χ4v) is 2.75. The third-order valence-corrected chi connectivity index (χ3v) is 3.86. The average Bonchev–Trinajstić information content (AvgIpc) is 2.83. The van der Waals surface area contributed by atoms with E-state index in [1.54, 1.807) is 12.1 Å². The normalized spacial score (nSPS) is 18.1. The van der Waals surface area contributed by atoms with Crippen LogP contribution in [-0.4, -0.2) is 9.55 Å². The second kappa shape index (κ2) is 5.21. The molecule has 0 spiro atoms. The van der Waals surface area contributed by atoms with E-state index in [1.807, 2.05) is 6.20 Å². The van der Waals surface area contributed by atoms with Crippen LogP contribution in [0.15, 0.2) is 54.3 Å². The van der Waals surface area contributed by atoms with Crippen molar-refractivity contribution >= 4 is 12.2 Å². The van der Waals surface area contributed by atoms with Crippen molar-refractivity contribution in [2.75, 3.05) is 0 Å². The molecule has 1 aromatic carbocycles. The van der Waals surface area contributed by atoms with Crippen LogP contribution in [-0.2, 0) is 0 Å². The zero-order valence-electron chi connectivity index (χ0n) is 11.1. The van der Waals surface area contributed by atoms with E-state index >= 15 is 0 Å². The zero-order valence-corrected chi connectivity index (χ0v) is 12.0. The van der Waals surface area contributed by atoms with Gasteiger partial charge in [0, 0.05) is 6.20 Å². The third kappa shape index (κ3) is 2.39. The van der Waals surface area contributed by atoms with Crippen molar-refractivity contribution in [3.8, 4) is 11.3 Å². The van der Waals surface area contributed by atoms with Crippen LogP contribution in [0.2, 0.25) is 0 Å². The first kappa shape index (κ1) is 13.1. The lowest BCUT2D eigenvalue weighted by Gasteiger charge is -2.19. The van der Waals surface area contributed by atoms with E-state index in [9.17, 15) is 4.39 Å². The third-order valence-electron chi connectivity index (χ3n) is 3.54. The number of aromatic amines is 1. The van der Waals surface area contributed by atoms with E-state index in [2.05, 4.69) is 34.7 Å². The molecule has 4 heteroatoms. The molecular weight excluding hydrogens is 271 g/mol. The van der Waals surface area contributed by atoms with Gasteiger partial charge in [-0.05, 0) is 55.4 Å². The van der Waals surface area contributed by atoms with Gasteiger partial charge in [0.05, 0.1) is 11.7 Å². The minimum Gasteiger partial charge on any atom is -0.337 e. The maximum Gasteiger partial charge on any atom is 0.178 e. The summed E-state index contributed by atoms with van der Waals surface area (Å²) in [6, 6.07) is 6.69. The van der Waals surface area contributed by atoms with Crippen LogP contribution in [0.25, 0.3) is 11.3 Å². The number of aromatic nitrogens is 2. The maximum atomic E-state index is 13.1. The van der Waals surface area contributed by atoms with Crippen LogP contribution in [0.4, 0.5) is 4.39 Å². The van der Waals surface area contributed by atoms with E-state index in [0.717, 1.165) is 17.7 Å². The van der Waals surface area contributed by atoms with E-state index in [-0.39, 0.29) is 11.9 Å². The molecule has 1 heterocycles. The molecule has 1 aliphatic rings. The first-order valence-corrected chi connectivity index (χ1v) is 6.97. The van der Waals surface area contributed by atoms with Crippen molar-refractivity contribution in [2.45, 2.75) is 19.4 Å². The Hall–Kier alpha value is -1.94. The van der Waals surface area contributed by atoms with Crippen molar-refractivity contribution in [3.63, 3.8) is 0 Å². The molecule has 0 fully saturated rings. The van der Waals surface area contributed by atoms with Crippen molar-refractivity contribution in [2.24, 2.45) is 0 Å². The predicted octanol–water partition coefficient (Wildman–Crippen LogP) is 4.80. The van der Waals surface area contributed by atoms with Gasteiger partial charge in [0.1, 0.15) is 5.82 Å². The van der Waals surface area contributed by atoms with Crippen LogP contribution in [0.3, 0.4) is 0 Å². The van der Waals surface area contributed by atoms with Crippen LogP contribution < -0.4 is 0 Å². The summed E-state index contributed by atoms with van der Waals surface area (Å²) >= 11 is 5.39. The Balaban J connectivity index is 2.04. The number of hydrogen-bond donors (Lipinski definition) is 1. The van der Waals surface area contributed by atoms with E-state index < -0.39 is 0 Å². The Bertz CT molecular complexity index is 735. The highest BCUT2D eigenvalue weighted by Crippen LogP contribution is 2.28. The minimum atomic E-state index is -0.231. The van der Waals surface area contributed by atoms with E-state index in [4.69, 9.17) is 12.2 Å². The lowest BCUT2D eigenvalue weighted by molar-refractivity contribution is 0.602. The molecule has 0 amide bonds. The van der Waals surface area contributed by atoms with Gasteiger partial charge in [0.15, 0.2) is 4.77 Å². The van der Waals surface area contributed by atoms with Crippen molar-refractivity contribution < 1.29 is 4.39 Å². The molecule has 1 atom stereocenters. The van der Waals surface area contributed by atoms with Crippen LogP contribution in [0, 0.1) is 10.6 Å². The van der Waals surface area contributed by atoms with Gasteiger partial charge in [-0.2, -0.15) is 0 Å². The lowest BCUT2D eigenvalue weighted by atomic mass is 10.0. The summed E-state index contributed by atoms with van der Waals surface area (Å²) in [5.74, 6) is -0.231. The lowest BCUT2D eigenvalue weighted by Crippen LogP contribution is -2.09. The first-order valence-electron chi connectivity index (χ1n) is 6.56. The van der Waals surface area contributed by atoms with Gasteiger partial charge in [-0.1, -0.05) is 23.8 Å². The summed E-state index contributed by atoms with van der Waals surface area (Å²) in [6.45, 7) is 2.09. The monoisotopic (exact) mass is 286 g/mol. The van der Waals surface area contributed by atoms with Crippen LogP contribution in [0.1, 0.15) is 19.4 Å². The number of H-pyrrole nitrogens is 1. The Morgan fingerprint density at radius 1 is 1.30 bits per heavy atom. The molecule has 3 rings (SSSR count). The van der Waals surface area contributed by atoms with E-state index in [1.165, 1.54) is 17.7 Å². The molecule has 102 valence electrons. The smallest absolute Gasteiger partial charge is 0.178 e. The van der Waals surface area contributed by atoms with Gasteiger partial charge in [0.2, 0.25) is 0 Å². The van der Waals surface area contributed by atoms with Gasteiger partial charge in [-0.3, -0.25) is 0 Å². The van der Waals surface area contributed by atoms with Gasteiger partial charge < -0.3 is 9.55 Å². The number of nitrogens with one attached hydrogen (secondary N) is 1. The molecule has 2 aromatic rings. The zero-order chi connectivity index (χ0) is 14.1. The molecule has 20 heavy (non-hydrogen) atoms. The largest absolute Gasteiger partial charge is 0.337 e. The van der Waals surface area contributed by atoms with Gasteiger partial charge >= 0.3 is 0 Å². The summed E-state index contributed by atoms with van der Waals surface area (Å²) in [5.41, 5.74) is 3.21. The van der Waals surface area contributed by atoms with Gasteiger partial charge in [0.25, 0.3) is 0 Å². The number of benzene rings is 1. The molecule has 1 aromatic heterocycles. The quantitative estimate of drug-likeness (QED) is 0.786. The summed E-state index contributed by atoms with van der Waals surface area (Å²) < 4.78 is 15.8. The standard InChI is InChI=1S/C16H15FN2S/c1-11-2-8-14(9-3-11)19-15(10-18-16(19)20)12-4-6-13(17)7-5-12/h2-8,10,14H,9H2,1H3,(H,18,20). The SMILES string of the molecule is CC1=CCC(n2c(-c3ccc(F)cc3)c[nH]c2=S)C=C1. The molecule has 0 saturated heterocycles. The number of rotatable bonds is 2. The summed E-state index contributed by atoms with van der Waals surface area (Å²) in [7, 11) is 0. The number of hydrogen-bond acceptors (Lipinski definition) is 1. The number of nitrogens with zero attached hydrogens (tertiary/aromatic N) is 1. The van der Waals surface area contributed by atoms with Crippen LogP contribution in [0.5, 0.6) is 0 Å². The van der Waals surface area contributed by atoms with Crippen LogP contribution >= 0.6 is 12.2 Å². The molecule has 1 N–H and O–H groups in total. The predicted molar refractivity (Wildman–Crippen MR) is 81.6 cm³/mol. The molecule has 0 radical (unpaired) electrons. The van der Waals surface area contributed by atoms with Gasteiger partial charge in [-0.25, -0.2) is 4.39 Å². The Morgan fingerprint density at radius 2 is 2.05 bits per heavy atom. The minimum absolute atomic E-state index is 0.206. The molecule has 0 saturated carbocycles. The van der Waals surface area contributed by atoms with Gasteiger partial charge in [-0.15, -0.1) is 0 Å². The molecule has 1 aliphatic carbocycles. The van der Waals surface area contributed by atoms with Crippen molar-refractivity contribution in [1.29, 1.82) is 0 Å². The summed E-state index contributed by atoms with van der Waals surface area (Å²) in [5, 5.41) is 0. The fraction of sp³-hybridized carbons (Fsp3) is 0.188. The molecule has 2 nitrogen and oxygen atoms in total. The molecule has 0 aliphatic heterocycles. The fourth-order valence-electron chi connectivity index (χ4n) is 2.46. The average molecular weight is 286 g/mol. The Labute approximate surface area is 122 Å².